The lowest BCUT2D eigenvalue weighted by atomic mass is 10.3. The van der Waals surface area contributed by atoms with Crippen LogP contribution in [0.4, 0.5) is 0 Å². The fourth-order valence-corrected chi connectivity index (χ4v) is 2.18. The summed E-state index contributed by atoms with van der Waals surface area (Å²) >= 11 is 3.79. The molecule has 0 N–H and O–H groups in total. The molecule has 0 aliphatic heterocycles. The topological polar surface area (TPSA) is 9.23 Å². The number of hydrogen-bond acceptors (Lipinski definition) is 2. The first kappa shape index (κ1) is 13.7. The molecular weight excluding hydrogens is 331 g/mol. The van der Waals surface area contributed by atoms with Gasteiger partial charge in [-0.1, -0.05) is 54.0 Å². The fourth-order valence-electron chi connectivity index (χ4n) is 1.10. The van der Waals surface area contributed by atoms with Crippen LogP contribution in [0.1, 0.15) is 19.8 Å². The Morgan fingerprint density at radius 3 is 2.94 bits per heavy atom. The maximum absolute atomic E-state index is 5.72. The standard InChI is InChI=1S/C13H15IOS/c1-2-3-10-15-12-7-4-5-8-13(12)16-11-6-9-14/h4-5,7-8H,2-3,9-10H2,1H3. The molecule has 0 unspecified atom stereocenters. The highest BCUT2D eigenvalue weighted by Gasteiger charge is 2.01. The molecule has 86 valence electrons. The van der Waals surface area contributed by atoms with E-state index in [1.807, 2.05) is 24.3 Å². The molecule has 1 aromatic rings. The van der Waals surface area contributed by atoms with Crippen LogP contribution in [0.5, 0.6) is 5.75 Å². The molecule has 0 atom stereocenters. The van der Waals surface area contributed by atoms with Crippen molar-refractivity contribution in [3.63, 3.8) is 0 Å². The van der Waals surface area contributed by atoms with Gasteiger partial charge in [-0.2, -0.15) is 0 Å². The number of thioether (sulfide) groups is 1. The van der Waals surface area contributed by atoms with Crippen molar-refractivity contribution in [2.45, 2.75) is 24.7 Å². The lowest BCUT2D eigenvalue weighted by Crippen LogP contribution is -1.97. The van der Waals surface area contributed by atoms with E-state index in [1.54, 1.807) is 0 Å². The van der Waals surface area contributed by atoms with Crippen LogP contribution >= 0.6 is 34.4 Å². The molecule has 0 radical (unpaired) electrons. The Morgan fingerprint density at radius 1 is 1.38 bits per heavy atom. The van der Waals surface area contributed by atoms with Crippen molar-refractivity contribution in [3.05, 3.63) is 24.3 Å². The Morgan fingerprint density at radius 2 is 2.19 bits per heavy atom. The van der Waals surface area contributed by atoms with E-state index in [4.69, 9.17) is 4.74 Å². The Bertz CT molecular complexity index is 368. The second-order valence-corrected chi connectivity index (χ2v) is 4.77. The van der Waals surface area contributed by atoms with Crippen LogP contribution in [0.2, 0.25) is 0 Å². The van der Waals surface area contributed by atoms with Crippen LogP contribution in [0, 0.1) is 11.2 Å². The molecule has 0 bridgehead atoms. The van der Waals surface area contributed by atoms with Gasteiger partial charge >= 0.3 is 0 Å². The number of unbranched alkanes of at least 4 members (excludes halogenated alkanes) is 1. The predicted molar refractivity (Wildman–Crippen MR) is 79.4 cm³/mol. The quantitative estimate of drug-likeness (QED) is 0.258. The molecule has 0 saturated heterocycles. The van der Waals surface area contributed by atoms with Gasteiger partial charge in [0.2, 0.25) is 0 Å². The van der Waals surface area contributed by atoms with Crippen LogP contribution in [0.25, 0.3) is 0 Å². The van der Waals surface area contributed by atoms with Gasteiger partial charge in [0.15, 0.2) is 0 Å². The summed E-state index contributed by atoms with van der Waals surface area (Å²) in [6, 6.07) is 8.06. The van der Waals surface area contributed by atoms with Crippen LogP contribution in [-0.2, 0) is 0 Å². The second kappa shape index (κ2) is 8.77. The summed E-state index contributed by atoms with van der Waals surface area (Å²) in [5.74, 6) is 3.98. The molecule has 0 aliphatic rings. The highest BCUT2D eigenvalue weighted by atomic mass is 127. The van der Waals surface area contributed by atoms with Crippen molar-refractivity contribution in [3.8, 4) is 16.9 Å². The largest absolute Gasteiger partial charge is 0.492 e. The van der Waals surface area contributed by atoms with Crippen LogP contribution in [0.3, 0.4) is 0 Å². The van der Waals surface area contributed by atoms with E-state index in [0.29, 0.717) is 0 Å². The SMILES string of the molecule is CCCCOc1ccccc1SC#CCI. The van der Waals surface area contributed by atoms with E-state index in [9.17, 15) is 0 Å². The molecule has 0 amide bonds. The monoisotopic (exact) mass is 346 g/mol. The summed E-state index contributed by atoms with van der Waals surface area (Å²) in [4.78, 5) is 1.11. The minimum atomic E-state index is 0.786. The van der Waals surface area contributed by atoms with Gasteiger partial charge in [-0.05, 0) is 35.6 Å². The number of benzene rings is 1. The highest BCUT2D eigenvalue weighted by Crippen LogP contribution is 2.28. The molecule has 0 aromatic heterocycles. The lowest BCUT2D eigenvalue weighted by Gasteiger charge is -2.08. The van der Waals surface area contributed by atoms with E-state index in [1.165, 1.54) is 11.8 Å². The highest BCUT2D eigenvalue weighted by molar-refractivity contribution is 14.1. The summed E-state index contributed by atoms with van der Waals surface area (Å²) in [6.45, 7) is 2.95. The van der Waals surface area contributed by atoms with E-state index in [0.717, 1.165) is 34.5 Å². The zero-order chi connectivity index (χ0) is 11.6. The van der Waals surface area contributed by atoms with E-state index < -0.39 is 0 Å². The molecule has 1 nitrogen and oxygen atoms in total. The second-order valence-electron chi connectivity index (χ2n) is 3.16. The maximum atomic E-state index is 5.72. The first-order valence-electron chi connectivity index (χ1n) is 5.31. The van der Waals surface area contributed by atoms with E-state index >= 15 is 0 Å². The molecule has 16 heavy (non-hydrogen) atoms. The molecule has 0 aliphatic carbocycles. The minimum Gasteiger partial charge on any atom is -0.492 e. The predicted octanol–water partition coefficient (Wildman–Crippen LogP) is 4.35. The van der Waals surface area contributed by atoms with Gasteiger partial charge in [0.25, 0.3) is 0 Å². The van der Waals surface area contributed by atoms with Crippen molar-refractivity contribution in [1.29, 1.82) is 0 Å². The van der Waals surface area contributed by atoms with Gasteiger partial charge in [-0.15, -0.1) is 0 Å². The summed E-state index contributed by atoms with van der Waals surface area (Å²) in [6.07, 6.45) is 2.25. The third kappa shape index (κ3) is 5.13. The zero-order valence-electron chi connectivity index (χ0n) is 9.33. The molecule has 1 aromatic carbocycles. The van der Waals surface area contributed by atoms with Crippen LogP contribution in [-0.4, -0.2) is 11.0 Å². The van der Waals surface area contributed by atoms with Crippen molar-refractivity contribution in [1.82, 2.24) is 0 Å². The molecule has 0 heterocycles. The van der Waals surface area contributed by atoms with Crippen molar-refractivity contribution in [2.24, 2.45) is 0 Å². The Balaban J connectivity index is 2.60. The van der Waals surface area contributed by atoms with E-state index in [-0.39, 0.29) is 0 Å². The normalized spacial score (nSPS) is 9.38. The third-order valence-electron chi connectivity index (χ3n) is 1.90. The Labute approximate surface area is 115 Å². The average Bonchev–Trinajstić information content (AvgIpc) is 2.32. The average molecular weight is 346 g/mol. The number of halogens is 1. The molecule has 1 rings (SSSR count). The summed E-state index contributed by atoms with van der Waals surface area (Å²) in [5, 5.41) is 3.06. The lowest BCUT2D eigenvalue weighted by molar-refractivity contribution is 0.302. The van der Waals surface area contributed by atoms with E-state index in [2.05, 4.69) is 40.7 Å². The van der Waals surface area contributed by atoms with Crippen LogP contribution in [0.15, 0.2) is 29.2 Å². The third-order valence-corrected chi connectivity index (χ3v) is 3.09. The summed E-state index contributed by atoms with van der Waals surface area (Å²) in [7, 11) is 0. The maximum Gasteiger partial charge on any atom is 0.133 e. The van der Waals surface area contributed by atoms with Gasteiger partial charge in [-0.25, -0.2) is 0 Å². The molecule has 0 spiro atoms. The van der Waals surface area contributed by atoms with Gasteiger partial charge in [0.1, 0.15) is 5.75 Å². The van der Waals surface area contributed by atoms with Crippen LogP contribution < -0.4 is 4.74 Å². The zero-order valence-corrected chi connectivity index (χ0v) is 12.3. The van der Waals surface area contributed by atoms with Gasteiger partial charge < -0.3 is 4.74 Å². The summed E-state index contributed by atoms with van der Waals surface area (Å²) in [5.41, 5.74) is 0. The first-order chi connectivity index (χ1) is 7.88. The van der Waals surface area contributed by atoms with Gasteiger partial charge in [-0.3, -0.25) is 0 Å². The molecule has 0 fully saturated rings. The smallest absolute Gasteiger partial charge is 0.133 e. The molecule has 0 saturated carbocycles. The van der Waals surface area contributed by atoms with Crippen molar-refractivity contribution in [2.75, 3.05) is 11.0 Å². The Kier molecular flexibility index (Phi) is 7.52. The summed E-state index contributed by atoms with van der Waals surface area (Å²) < 4.78 is 6.58. The number of hydrogen-bond donors (Lipinski definition) is 0. The number of alkyl halides is 1. The fraction of sp³-hybridized carbons (Fsp3) is 0.385. The Hall–Kier alpha value is -0.340. The first-order valence-corrected chi connectivity index (χ1v) is 7.65. The number of ether oxygens (including phenoxy) is 1. The van der Waals surface area contributed by atoms with Gasteiger partial charge in [0.05, 0.1) is 15.9 Å². The number of para-hydroxylation sites is 1. The molecular formula is C13H15IOS. The van der Waals surface area contributed by atoms with Crippen molar-refractivity contribution >= 4 is 34.4 Å². The van der Waals surface area contributed by atoms with Crippen molar-refractivity contribution < 1.29 is 4.74 Å². The number of rotatable bonds is 5. The van der Waals surface area contributed by atoms with Gasteiger partial charge in [0, 0.05) is 0 Å². The minimum absolute atomic E-state index is 0.786. The molecule has 3 heteroatoms.